The third-order valence-corrected chi connectivity index (χ3v) is 3.85. The van der Waals surface area contributed by atoms with Crippen LogP contribution in [-0.4, -0.2) is 43.6 Å². The van der Waals surface area contributed by atoms with Gasteiger partial charge in [0.05, 0.1) is 31.8 Å². The Morgan fingerprint density at radius 2 is 1.89 bits per heavy atom. The molecule has 2 aromatic carbocycles. The molecule has 2 aromatic rings. The number of hydrogen-bond donors (Lipinski definition) is 1. The number of aromatic hydroxyl groups is 1. The fraction of sp³-hybridized carbons (Fsp3) is 0.316. The maximum atomic E-state index is 11.3. The second-order valence-electron chi connectivity index (χ2n) is 5.51. The predicted octanol–water partition coefficient (Wildman–Crippen LogP) is 3.38. The number of methoxy groups -OCH3 is 2. The molecule has 27 heavy (non-hydrogen) atoms. The number of aliphatic imine (C=N–C) groups is 1. The molecule has 1 N–H and O–H groups in total. The van der Waals surface area contributed by atoms with Crippen molar-refractivity contribution in [1.82, 2.24) is 0 Å². The number of rotatable bonds is 9. The van der Waals surface area contributed by atoms with Crippen molar-refractivity contribution in [1.29, 1.82) is 0 Å². The molecule has 8 nitrogen and oxygen atoms in total. The highest BCUT2D eigenvalue weighted by Crippen LogP contribution is 2.34. The van der Waals surface area contributed by atoms with Gasteiger partial charge >= 0.3 is 0 Å². The average Bonchev–Trinajstić information content (AvgIpc) is 2.67. The van der Waals surface area contributed by atoms with Crippen LogP contribution in [0.15, 0.2) is 35.3 Å². The second kappa shape index (κ2) is 9.42. The lowest BCUT2D eigenvalue weighted by atomic mass is 10.1. The highest BCUT2D eigenvalue weighted by atomic mass is 16.6. The first-order chi connectivity index (χ1) is 13.0. The maximum Gasteiger partial charge on any atom is 0.276 e. The van der Waals surface area contributed by atoms with Crippen LogP contribution in [0.1, 0.15) is 18.1 Å². The fourth-order valence-electron chi connectivity index (χ4n) is 2.54. The first kappa shape index (κ1) is 20.0. The van der Waals surface area contributed by atoms with E-state index in [1.165, 1.54) is 26.5 Å². The molecular weight excluding hydrogens is 352 g/mol. The lowest BCUT2D eigenvalue weighted by molar-refractivity contribution is -0.385. The van der Waals surface area contributed by atoms with E-state index < -0.39 is 4.92 Å². The molecule has 0 aromatic heterocycles. The van der Waals surface area contributed by atoms with Crippen LogP contribution in [0.3, 0.4) is 0 Å². The summed E-state index contributed by atoms with van der Waals surface area (Å²) in [5.41, 5.74) is 0.953. The van der Waals surface area contributed by atoms with Gasteiger partial charge in [-0.05, 0) is 31.5 Å². The van der Waals surface area contributed by atoms with Crippen molar-refractivity contribution in [2.24, 2.45) is 4.99 Å². The van der Waals surface area contributed by atoms with Crippen LogP contribution < -0.4 is 14.2 Å². The zero-order valence-corrected chi connectivity index (χ0v) is 15.5. The van der Waals surface area contributed by atoms with E-state index in [0.29, 0.717) is 47.9 Å². The molecule has 0 unspecified atom stereocenters. The molecule has 144 valence electrons. The first-order valence-corrected chi connectivity index (χ1v) is 8.35. The van der Waals surface area contributed by atoms with Crippen LogP contribution in [0, 0.1) is 10.1 Å². The molecule has 0 aliphatic carbocycles. The third kappa shape index (κ3) is 4.87. The van der Waals surface area contributed by atoms with Crippen molar-refractivity contribution >= 4 is 11.9 Å². The number of nitrogens with zero attached hydrogens (tertiary/aromatic N) is 2. The summed E-state index contributed by atoms with van der Waals surface area (Å²) in [5.74, 6) is 1.12. The molecule has 0 saturated carbocycles. The highest BCUT2D eigenvalue weighted by Gasteiger charge is 2.19. The Morgan fingerprint density at radius 3 is 2.52 bits per heavy atom. The Bertz CT molecular complexity index is 835. The Labute approximate surface area is 157 Å². The van der Waals surface area contributed by atoms with Gasteiger partial charge in [-0.1, -0.05) is 6.07 Å². The highest BCUT2D eigenvalue weighted by molar-refractivity contribution is 5.84. The zero-order chi connectivity index (χ0) is 19.8. The van der Waals surface area contributed by atoms with E-state index in [9.17, 15) is 15.2 Å². The summed E-state index contributed by atoms with van der Waals surface area (Å²) in [6, 6.07) is 8.06. The van der Waals surface area contributed by atoms with Crippen LogP contribution in [0.4, 0.5) is 5.69 Å². The molecule has 0 fully saturated rings. The zero-order valence-electron chi connectivity index (χ0n) is 15.5. The number of benzene rings is 2. The van der Waals surface area contributed by atoms with Gasteiger partial charge in [0, 0.05) is 23.9 Å². The third-order valence-electron chi connectivity index (χ3n) is 3.85. The smallest absolute Gasteiger partial charge is 0.276 e. The van der Waals surface area contributed by atoms with Crippen LogP contribution >= 0.6 is 0 Å². The van der Waals surface area contributed by atoms with Crippen molar-refractivity contribution in [2.75, 3.05) is 27.4 Å². The molecule has 0 spiro atoms. The largest absolute Gasteiger partial charge is 0.504 e. The summed E-state index contributed by atoms with van der Waals surface area (Å²) in [7, 11) is 2.90. The number of ether oxygens (including phenoxy) is 3. The molecule has 0 saturated heterocycles. The van der Waals surface area contributed by atoms with Gasteiger partial charge in [-0.2, -0.15) is 0 Å². The first-order valence-electron chi connectivity index (χ1n) is 8.35. The topological polar surface area (TPSA) is 103 Å². The van der Waals surface area contributed by atoms with Gasteiger partial charge in [0.1, 0.15) is 0 Å². The minimum atomic E-state index is -0.460. The summed E-state index contributed by atoms with van der Waals surface area (Å²) in [6.45, 7) is 2.57. The number of phenolic OH excluding ortho intramolecular Hbond substituents is 1. The summed E-state index contributed by atoms with van der Waals surface area (Å²) in [5, 5.41) is 21.5. The molecule has 8 heteroatoms. The minimum absolute atomic E-state index is 0.0141. The summed E-state index contributed by atoms with van der Waals surface area (Å²) in [6.07, 6.45) is 1.85. The van der Waals surface area contributed by atoms with Gasteiger partial charge in [0.15, 0.2) is 23.0 Å². The Balaban J connectivity index is 2.16. The minimum Gasteiger partial charge on any atom is -0.504 e. The molecule has 0 heterocycles. The Kier molecular flexibility index (Phi) is 6.99. The lowest BCUT2D eigenvalue weighted by Gasteiger charge is -2.10. The van der Waals surface area contributed by atoms with E-state index in [1.807, 2.05) is 6.92 Å². The van der Waals surface area contributed by atoms with Crippen LogP contribution in [-0.2, 0) is 6.42 Å². The van der Waals surface area contributed by atoms with Crippen molar-refractivity contribution in [2.45, 2.75) is 13.3 Å². The molecule has 0 aliphatic rings. The second-order valence-corrected chi connectivity index (χ2v) is 5.51. The number of nitro groups is 1. The predicted molar refractivity (Wildman–Crippen MR) is 102 cm³/mol. The number of para-hydroxylation sites is 1. The lowest BCUT2D eigenvalue weighted by Crippen LogP contribution is -2.01. The monoisotopic (exact) mass is 374 g/mol. The van der Waals surface area contributed by atoms with Gasteiger partial charge < -0.3 is 19.3 Å². The van der Waals surface area contributed by atoms with Gasteiger partial charge in [-0.3, -0.25) is 15.1 Å². The molecule has 0 radical (unpaired) electrons. The van der Waals surface area contributed by atoms with E-state index in [2.05, 4.69) is 4.99 Å². The molecule has 0 atom stereocenters. The summed E-state index contributed by atoms with van der Waals surface area (Å²) in [4.78, 5) is 15.1. The van der Waals surface area contributed by atoms with Gasteiger partial charge in [-0.25, -0.2) is 0 Å². The Morgan fingerprint density at radius 1 is 1.19 bits per heavy atom. The number of nitro benzene ring substituents is 1. The van der Waals surface area contributed by atoms with Crippen molar-refractivity contribution in [3.8, 4) is 23.0 Å². The van der Waals surface area contributed by atoms with Crippen molar-refractivity contribution in [3.63, 3.8) is 0 Å². The SMILES string of the molecule is CCOc1cccc(C=NCCc2cc(OC)c(OC)cc2[N+](=O)[O-])c1O. The number of phenols is 1. The molecule has 0 amide bonds. The normalized spacial score (nSPS) is 10.8. The van der Waals surface area contributed by atoms with Crippen molar-refractivity contribution < 1.29 is 24.2 Å². The fourth-order valence-corrected chi connectivity index (χ4v) is 2.54. The van der Waals surface area contributed by atoms with E-state index in [-0.39, 0.29) is 11.4 Å². The van der Waals surface area contributed by atoms with E-state index in [0.717, 1.165) is 0 Å². The summed E-state index contributed by atoms with van der Waals surface area (Å²) >= 11 is 0. The standard InChI is InChI=1S/C19H22N2O6/c1-4-27-16-7-5-6-14(19(16)22)12-20-9-8-13-10-17(25-2)18(26-3)11-15(13)21(23)24/h5-7,10-12,22H,4,8-9H2,1-3H3. The summed E-state index contributed by atoms with van der Waals surface area (Å²) < 4.78 is 15.6. The van der Waals surface area contributed by atoms with Crippen LogP contribution in [0.25, 0.3) is 0 Å². The maximum absolute atomic E-state index is 11.3. The van der Waals surface area contributed by atoms with E-state index >= 15 is 0 Å². The van der Waals surface area contributed by atoms with E-state index in [4.69, 9.17) is 14.2 Å². The quantitative estimate of drug-likeness (QED) is 0.410. The molecular formula is C19H22N2O6. The van der Waals surface area contributed by atoms with E-state index in [1.54, 1.807) is 24.3 Å². The van der Waals surface area contributed by atoms with Crippen LogP contribution in [0.2, 0.25) is 0 Å². The number of hydrogen-bond acceptors (Lipinski definition) is 7. The van der Waals surface area contributed by atoms with Gasteiger partial charge in [0.2, 0.25) is 0 Å². The molecule has 2 rings (SSSR count). The van der Waals surface area contributed by atoms with Gasteiger partial charge in [0.25, 0.3) is 5.69 Å². The van der Waals surface area contributed by atoms with Gasteiger partial charge in [-0.15, -0.1) is 0 Å². The molecule has 0 bridgehead atoms. The average molecular weight is 374 g/mol. The molecule has 0 aliphatic heterocycles. The van der Waals surface area contributed by atoms with Crippen molar-refractivity contribution in [3.05, 3.63) is 51.6 Å². The Hall–Kier alpha value is -3.29. The van der Waals surface area contributed by atoms with Crippen LogP contribution in [0.5, 0.6) is 23.0 Å².